The van der Waals surface area contributed by atoms with E-state index >= 15 is 0 Å². The molecule has 8 nitrogen and oxygen atoms in total. The summed E-state index contributed by atoms with van der Waals surface area (Å²) in [6.45, 7) is 2.50. The first-order valence-corrected chi connectivity index (χ1v) is 13.4. The quantitative estimate of drug-likeness (QED) is 0.356. The highest BCUT2D eigenvalue weighted by molar-refractivity contribution is 7.91. The fraction of sp³-hybridized carbons (Fsp3) is 0.455. The van der Waals surface area contributed by atoms with Crippen molar-refractivity contribution in [2.45, 2.75) is 29.9 Å². The van der Waals surface area contributed by atoms with Gasteiger partial charge in [0.2, 0.25) is 16.0 Å². The summed E-state index contributed by atoms with van der Waals surface area (Å²) in [5.41, 5.74) is 6.53. The van der Waals surface area contributed by atoms with Gasteiger partial charge in [-0.1, -0.05) is 18.2 Å². The summed E-state index contributed by atoms with van der Waals surface area (Å²) in [4.78, 5) is 9.31. The van der Waals surface area contributed by atoms with Crippen LogP contribution >= 0.6 is 11.3 Å². The van der Waals surface area contributed by atoms with Crippen molar-refractivity contribution in [2.75, 3.05) is 36.8 Å². The molecule has 0 aliphatic heterocycles. The van der Waals surface area contributed by atoms with Gasteiger partial charge in [-0.05, 0) is 61.1 Å². The minimum Gasteiger partial charge on any atom is -0.368 e. The van der Waals surface area contributed by atoms with Crippen LogP contribution in [-0.4, -0.2) is 44.6 Å². The SMILES string of the molecule is NCCNc1nc(NC[C@H]2CC[C@H](CNS(=O)(=O)c3cccs3)CC2)nc2ccccc12. The Kier molecular flexibility index (Phi) is 7.56. The lowest BCUT2D eigenvalue weighted by Crippen LogP contribution is -2.32. The Morgan fingerprint density at radius 3 is 2.44 bits per heavy atom. The summed E-state index contributed by atoms with van der Waals surface area (Å²) in [6.07, 6.45) is 4.15. The Balaban J connectivity index is 1.28. The van der Waals surface area contributed by atoms with Gasteiger partial charge in [0.15, 0.2) is 0 Å². The molecule has 10 heteroatoms. The second-order valence-corrected chi connectivity index (χ2v) is 11.1. The Labute approximate surface area is 193 Å². The Morgan fingerprint density at radius 1 is 0.969 bits per heavy atom. The normalized spacial score (nSPS) is 19.2. The van der Waals surface area contributed by atoms with Crippen LogP contribution in [0.3, 0.4) is 0 Å². The third-order valence-electron chi connectivity index (χ3n) is 5.88. The minimum absolute atomic E-state index is 0.380. The molecule has 0 unspecified atom stereocenters. The highest BCUT2D eigenvalue weighted by Crippen LogP contribution is 2.29. The third kappa shape index (κ3) is 5.74. The zero-order valence-electron chi connectivity index (χ0n) is 18.0. The Hall–Kier alpha value is -2.27. The summed E-state index contributed by atoms with van der Waals surface area (Å²) in [5.74, 6) is 2.32. The lowest BCUT2D eigenvalue weighted by Gasteiger charge is -2.28. The maximum atomic E-state index is 12.3. The van der Waals surface area contributed by atoms with Crippen molar-refractivity contribution < 1.29 is 8.42 Å². The first-order valence-electron chi connectivity index (χ1n) is 11.0. The van der Waals surface area contributed by atoms with Crippen LogP contribution in [0.1, 0.15) is 25.7 Å². The number of nitrogens with one attached hydrogen (secondary N) is 3. The van der Waals surface area contributed by atoms with Crippen molar-refractivity contribution in [1.29, 1.82) is 0 Å². The number of para-hydroxylation sites is 1. The molecule has 0 radical (unpaired) electrons. The number of hydrogen-bond acceptors (Lipinski definition) is 8. The summed E-state index contributed by atoms with van der Waals surface area (Å²) in [7, 11) is -3.38. The van der Waals surface area contributed by atoms with Gasteiger partial charge in [0, 0.05) is 31.6 Å². The number of hydrogen-bond donors (Lipinski definition) is 4. The molecule has 1 aromatic carbocycles. The number of nitrogens with zero attached hydrogens (tertiary/aromatic N) is 2. The van der Waals surface area contributed by atoms with Crippen LogP contribution < -0.4 is 21.1 Å². The molecule has 1 aliphatic rings. The van der Waals surface area contributed by atoms with E-state index in [1.165, 1.54) is 11.3 Å². The Bertz CT molecular complexity index is 1110. The van der Waals surface area contributed by atoms with Crippen molar-refractivity contribution in [3.05, 3.63) is 41.8 Å². The topological polar surface area (TPSA) is 122 Å². The molecule has 2 heterocycles. The maximum Gasteiger partial charge on any atom is 0.250 e. The zero-order valence-corrected chi connectivity index (χ0v) is 19.6. The number of fused-ring (bicyclic) bond motifs is 1. The first kappa shape index (κ1) is 22.9. The predicted molar refractivity (Wildman–Crippen MR) is 131 cm³/mol. The van der Waals surface area contributed by atoms with Crippen molar-refractivity contribution >= 4 is 44.0 Å². The van der Waals surface area contributed by atoms with Crippen LogP contribution in [0.15, 0.2) is 46.0 Å². The van der Waals surface area contributed by atoms with Crippen molar-refractivity contribution in [1.82, 2.24) is 14.7 Å². The smallest absolute Gasteiger partial charge is 0.250 e. The largest absolute Gasteiger partial charge is 0.368 e. The molecule has 0 spiro atoms. The van der Waals surface area contributed by atoms with E-state index in [1.54, 1.807) is 17.5 Å². The number of anilines is 2. The zero-order chi connectivity index (χ0) is 22.4. The van der Waals surface area contributed by atoms with E-state index in [9.17, 15) is 8.42 Å². The third-order valence-corrected chi connectivity index (χ3v) is 8.70. The van der Waals surface area contributed by atoms with Gasteiger partial charge < -0.3 is 16.4 Å². The number of rotatable bonds is 10. The lowest BCUT2D eigenvalue weighted by atomic mass is 9.82. The van der Waals surface area contributed by atoms with Gasteiger partial charge in [-0.3, -0.25) is 0 Å². The molecule has 4 rings (SSSR count). The van der Waals surface area contributed by atoms with Crippen LogP contribution in [0, 0.1) is 11.8 Å². The monoisotopic (exact) mass is 474 g/mol. The van der Waals surface area contributed by atoms with Crippen molar-refractivity contribution in [3.8, 4) is 0 Å². The second-order valence-electron chi connectivity index (χ2n) is 8.18. The number of benzene rings is 1. The molecule has 2 aromatic heterocycles. The molecule has 3 aromatic rings. The predicted octanol–water partition coefficient (Wildman–Crippen LogP) is 3.26. The van der Waals surface area contributed by atoms with Gasteiger partial charge in [0.05, 0.1) is 5.52 Å². The maximum absolute atomic E-state index is 12.3. The summed E-state index contributed by atoms with van der Waals surface area (Å²) in [6, 6.07) is 11.3. The van der Waals surface area contributed by atoms with E-state index in [2.05, 4.69) is 25.3 Å². The van der Waals surface area contributed by atoms with Gasteiger partial charge >= 0.3 is 0 Å². The van der Waals surface area contributed by atoms with Gasteiger partial charge in [0.1, 0.15) is 10.0 Å². The van der Waals surface area contributed by atoms with E-state index in [4.69, 9.17) is 5.73 Å². The number of aromatic nitrogens is 2. The van der Waals surface area contributed by atoms with E-state index < -0.39 is 10.0 Å². The Morgan fingerprint density at radius 2 is 1.72 bits per heavy atom. The standard InChI is InChI=1S/C22H30N6O2S2/c23-11-12-24-21-18-4-1-2-5-19(18)27-22(28-21)25-14-16-7-9-17(10-8-16)15-26-32(29,30)20-6-3-13-31-20/h1-6,13,16-17,26H,7-12,14-15,23H2,(H2,24,25,27,28)/t16-,17-. The highest BCUT2D eigenvalue weighted by atomic mass is 32.2. The van der Waals surface area contributed by atoms with Crippen LogP contribution in [0.2, 0.25) is 0 Å². The molecule has 0 amide bonds. The first-order chi connectivity index (χ1) is 15.5. The lowest BCUT2D eigenvalue weighted by molar-refractivity contribution is 0.284. The van der Waals surface area contributed by atoms with E-state index in [-0.39, 0.29) is 0 Å². The fourth-order valence-electron chi connectivity index (χ4n) is 4.07. The molecule has 1 saturated carbocycles. The molecule has 5 N–H and O–H groups in total. The highest BCUT2D eigenvalue weighted by Gasteiger charge is 2.24. The molecule has 0 bridgehead atoms. The molecule has 1 aliphatic carbocycles. The van der Waals surface area contributed by atoms with Gasteiger partial charge in [-0.15, -0.1) is 11.3 Å². The summed E-state index contributed by atoms with van der Waals surface area (Å²) in [5, 5.41) is 9.46. The molecule has 0 atom stereocenters. The van der Waals surface area contributed by atoms with Gasteiger partial charge in [-0.2, -0.15) is 4.98 Å². The number of sulfonamides is 1. The van der Waals surface area contributed by atoms with Gasteiger partial charge in [0.25, 0.3) is 0 Å². The number of thiophene rings is 1. The van der Waals surface area contributed by atoms with Crippen molar-refractivity contribution in [3.63, 3.8) is 0 Å². The summed E-state index contributed by atoms with van der Waals surface area (Å²) >= 11 is 1.25. The molecule has 32 heavy (non-hydrogen) atoms. The van der Waals surface area contributed by atoms with Gasteiger partial charge in [-0.25, -0.2) is 18.1 Å². The van der Waals surface area contributed by atoms with Crippen LogP contribution in [-0.2, 0) is 10.0 Å². The van der Waals surface area contributed by atoms with E-state index in [1.807, 2.05) is 24.3 Å². The molecule has 172 valence electrons. The average Bonchev–Trinajstić information content (AvgIpc) is 3.37. The molecular formula is C22H30N6O2S2. The van der Waals surface area contributed by atoms with Crippen LogP contribution in [0.5, 0.6) is 0 Å². The van der Waals surface area contributed by atoms with Crippen LogP contribution in [0.4, 0.5) is 11.8 Å². The van der Waals surface area contributed by atoms with Crippen LogP contribution in [0.25, 0.3) is 10.9 Å². The number of nitrogens with two attached hydrogens (primary N) is 1. The average molecular weight is 475 g/mol. The van der Waals surface area contributed by atoms with Crippen molar-refractivity contribution in [2.24, 2.45) is 17.6 Å². The molecule has 1 fully saturated rings. The molecule has 0 saturated heterocycles. The van der Waals surface area contributed by atoms with E-state index in [0.717, 1.165) is 48.9 Å². The molecular weight excluding hydrogens is 444 g/mol. The second kappa shape index (κ2) is 10.6. The minimum atomic E-state index is -3.38. The fourth-order valence-corrected chi connectivity index (χ4v) is 6.23. The van der Waals surface area contributed by atoms with E-state index in [0.29, 0.717) is 41.6 Å². The summed E-state index contributed by atoms with van der Waals surface area (Å²) < 4.78 is 27.8.